The van der Waals surface area contributed by atoms with Crippen LogP contribution in [0, 0.1) is 0 Å². The van der Waals surface area contributed by atoms with Crippen molar-refractivity contribution in [3.05, 3.63) is 60.7 Å². The molecule has 1 saturated heterocycles. The third-order valence-corrected chi connectivity index (χ3v) is 5.49. The van der Waals surface area contributed by atoms with Gasteiger partial charge in [0.25, 0.3) is 5.91 Å². The predicted octanol–water partition coefficient (Wildman–Crippen LogP) is 4.03. The van der Waals surface area contributed by atoms with Gasteiger partial charge < -0.3 is 4.74 Å². The molecule has 0 bridgehead atoms. The first-order valence-electron chi connectivity index (χ1n) is 9.07. The Kier molecular flexibility index (Phi) is 4.12. The molecule has 4 rings (SSSR count). The fraction of sp³-hybridized carbons (Fsp3) is 0.381. The lowest BCUT2D eigenvalue weighted by Gasteiger charge is -2.60. The number of anilines is 1. The summed E-state index contributed by atoms with van der Waals surface area (Å²) in [5.41, 5.74) is 0.800. The number of ether oxygens (including phenoxy) is 1. The van der Waals surface area contributed by atoms with Crippen LogP contribution in [0.15, 0.2) is 60.7 Å². The minimum Gasteiger partial charge on any atom is -0.478 e. The summed E-state index contributed by atoms with van der Waals surface area (Å²) in [5, 5.41) is 3.94. The van der Waals surface area contributed by atoms with Crippen LogP contribution in [0.3, 0.4) is 0 Å². The van der Waals surface area contributed by atoms with E-state index in [0.717, 1.165) is 37.1 Å². The van der Waals surface area contributed by atoms with Gasteiger partial charge in [0, 0.05) is 7.05 Å². The number of hydrogen-bond acceptors (Lipinski definition) is 3. The van der Waals surface area contributed by atoms with Gasteiger partial charge in [-0.3, -0.25) is 9.80 Å². The molecular weight excluding hydrogens is 312 g/mol. The zero-order valence-electron chi connectivity index (χ0n) is 14.6. The number of benzene rings is 2. The van der Waals surface area contributed by atoms with Crippen molar-refractivity contribution in [1.82, 2.24) is 5.01 Å². The van der Waals surface area contributed by atoms with Crippen molar-refractivity contribution < 1.29 is 9.53 Å². The molecule has 2 fully saturated rings. The fourth-order valence-corrected chi connectivity index (χ4v) is 4.24. The molecular formula is C21H24N2O2. The number of carbonyl (C=O) groups excluding carboxylic acids is 1. The summed E-state index contributed by atoms with van der Waals surface area (Å²) in [6.07, 6.45) is 5.11. The van der Waals surface area contributed by atoms with Crippen LogP contribution in [0.2, 0.25) is 0 Å². The van der Waals surface area contributed by atoms with E-state index in [4.69, 9.17) is 4.74 Å². The molecule has 1 atom stereocenters. The molecule has 0 N–H and O–H groups in total. The van der Waals surface area contributed by atoms with Crippen LogP contribution >= 0.6 is 0 Å². The van der Waals surface area contributed by atoms with Crippen molar-refractivity contribution in [1.29, 1.82) is 0 Å². The third-order valence-electron chi connectivity index (χ3n) is 5.49. The fourth-order valence-electron chi connectivity index (χ4n) is 4.24. The second kappa shape index (κ2) is 6.43. The summed E-state index contributed by atoms with van der Waals surface area (Å²) in [5.74, 6) is 0.824. The lowest BCUT2D eigenvalue weighted by Crippen LogP contribution is -2.80. The number of carbonyl (C=O) groups is 1. The summed E-state index contributed by atoms with van der Waals surface area (Å²) in [6, 6.07) is 19.8. The predicted molar refractivity (Wildman–Crippen MR) is 98.4 cm³/mol. The zero-order chi connectivity index (χ0) is 17.3. The summed E-state index contributed by atoms with van der Waals surface area (Å²) in [6.45, 7) is 0. The van der Waals surface area contributed by atoms with Crippen molar-refractivity contribution >= 4 is 11.6 Å². The van der Waals surface area contributed by atoms with Crippen molar-refractivity contribution in [3.63, 3.8) is 0 Å². The van der Waals surface area contributed by atoms with E-state index in [9.17, 15) is 4.79 Å². The first-order chi connectivity index (χ1) is 12.2. The summed E-state index contributed by atoms with van der Waals surface area (Å²) in [7, 11) is 1.97. The van der Waals surface area contributed by atoms with Gasteiger partial charge in [-0.1, -0.05) is 55.7 Å². The van der Waals surface area contributed by atoms with Gasteiger partial charge in [0.2, 0.25) is 6.10 Å². The molecule has 1 aliphatic heterocycles. The van der Waals surface area contributed by atoms with Crippen LogP contribution in [-0.2, 0) is 4.79 Å². The molecule has 4 heteroatoms. The van der Waals surface area contributed by atoms with Gasteiger partial charge >= 0.3 is 0 Å². The number of nitrogens with zero attached hydrogens (tertiary/aromatic N) is 2. The van der Waals surface area contributed by atoms with E-state index in [2.05, 4.69) is 0 Å². The van der Waals surface area contributed by atoms with Gasteiger partial charge in [0.15, 0.2) is 0 Å². The lowest BCUT2D eigenvalue weighted by atomic mass is 9.71. The average molecular weight is 336 g/mol. The maximum Gasteiger partial charge on any atom is 0.285 e. The van der Waals surface area contributed by atoms with Gasteiger partial charge in [0.1, 0.15) is 11.3 Å². The Bertz CT molecular complexity index is 726. The normalized spacial score (nSPS) is 21.7. The molecule has 1 spiro atoms. The maximum absolute atomic E-state index is 13.0. The lowest BCUT2D eigenvalue weighted by molar-refractivity contribution is -0.187. The van der Waals surface area contributed by atoms with Gasteiger partial charge in [-0.25, -0.2) is 5.01 Å². The van der Waals surface area contributed by atoms with E-state index < -0.39 is 0 Å². The number of hydrazine groups is 1. The van der Waals surface area contributed by atoms with Crippen molar-refractivity contribution in [2.24, 2.45) is 0 Å². The van der Waals surface area contributed by atoms with Crippen LogP contribution < -0.4 is 9.75 Å². The number of para-hydroxylation sites is 2. The highest BCUT2D eigenvalue weighted by molar-refractivity contribution is 5.92. The second-order valence-electron chi connectivity index (χ2n) is 6.98. The molecule has 1 amide bonds. The van der Waals surface area contributed by atoms with Crippen LogP contribution in [0.5, 0.6) is 5.75 Å². The van der Waals surface area contributed by atoms with Crippen LogP contribution in [-0.4, -0.2) is 29.6 Å². The Balaban J connectivity index is 1.62. The van der Waals surface area contributed by atoms with Crippen molar-refractivity contribution in [2.75, 3.05) is 12.1 Å². The summed E-state index contributed by atoms with van der Waals surface area (Å²) in [4.78, 5) is 13.0. The first kappa shape index (κ1) is 16.0. The average Bonchev–Trinajstić information content (AvgIpc) is 2.68. The van der Waals surface area contributed by atoms with Crippen molar-refractivity contribution in [2.45, 2.75) is 43.7 Å². The minimum absolute atomic E-state index is 0.0529. The highest BCUT2D eigenvalue weighted by Gasteiger charge is 2.63. The SMILES string of the molecule is CN(c1ccccc1)N1C(=O)[C@@H](Oc2ccccc2)C12CCCCC2. The standard InChI is InChI=1S/C21H24N2O2/c1-22(17-11-5-2-6-12-17)23-20(24)19(21(23)15-9-4-10-16-21)25-18-13-7-3-8-14-18/h2-3,5-8,11-14,19H,4,9-10,15-16H2,1H3/t19-/m1/s1. The largest absolute Gasteiger partial charge is 0.478 e. The van der Waals surface area contributed by atoms with E-state index in [1.807, 2.05) is 77.7 Å². The quantitative estimate of drug-likeness (QED) is 0.790. The molecule has 25 heavy (non-hydrogen) atoms. The smallest absolute Gasteiger partial charge is 0.285 e. The molecule has 130 valence electrons. The highest BCUT2D eigenvalue weighted by Crippen LogP contribution is 2.47. The molecule has 0 aromatic heterocycles. The van der Waals surface area contributed by atoms with Crippen LogP contribution in [0.25, 0.3) is 0 Å². The maximum atomic E-state index is 13.0. The monoisotopic (exact) mass is 336 g/mol. The Morgan fingerprint density at radius 1 is 0.960 bits per heavy atom. The topological polar surface area (TPSA) is 32.8 Å². The van der Waals surface area contributed by atoms with E-state index in [1.54, 1.807) is 0 Å². The molecule has 1 aliphatic carbocycles. The highest BCUT2D eigenvalue weighted by atomic mass is 16.5. The van der Waals surface area contributed by atoms with Crippen molar-refractivity contribution in [3.8, 4) is 5.75 Å². The van der Waals surface area contributed by atoms with E-state index in [0.29, 0.717) is 0 Å². The number of rotatable bonds is 4. The number of amides is 1. The molecule has 2 aromatic carbocycles. The van der Waals surface area contributed by atoms with Gasteiger partial charge in [-0.2, -0.15) is 0 Å². The summed E-state index contributed by atoms with van der Waals surface area (Å²) >= 11 is 0. The Labute approximate surface area is 149 Å². The number of hydrogen-bond donors (Lipinski definition) is 0. The zero-order valence-corrected chi connectivity index (χ0v) is 14.6. The molecule has 4 nitrogen and oxygen atoms in total. The third kappa shape index (κ3) is 2.66. The molecule has 2 aromatic rings. The van der Waals surface area contributed by atoms with Gasteiger partial charge in [0.05, 0.1) is 5.69 Å². The Morgan fingerprint density at radius 2 is 1.56 bits per heavy atom. The summed E-state index contributed by atoms with van der Waals surface area (Å²) < 4.78 is 6.15. The van der Waals surface area contributed by atoms with Crippen LogP contribution in [0.4, 0.5) is 5.69 Å². The minimum atomic E-state index is -0.388. The first-order valence-corrected chi connectivity index (χ1v) is 9.07. The molecule has 1 saturated carbocycles. The van der Waals surface area contributed by atoms with E-state index >= 15 is 0 Å². The second-order valence-corrected chi connectivity index (χ2v) is 6.98. The van der Waals surface area contributed by atoms with Gasteiger partial charge in [-0.15, -0.1) is 0 Å². The van der Waals surface area contributed by atoms with E-state index in [-0.39, 0.29) is 17.6 Å². The molecule has 2 aliphatic rings. The molecule has 0 unspecified atom stereocenters. The van der Waals surface area contributed by atoms with Gasteiger partial charge in [-0.05, 0) is 37.1 Å². The van der Waals surface area contributed by atoms with E-state index in [1.165, 1.54) is 6.42 Å². The Morgan fingerprint density at radius 3 is 2.20 bits per heavy atom. The molecule has 1 heterocycles. The number of β-lactam (4-membered cyclic amide) rings is 1. The molecule has 0 radical (unpaired) electrons. The Hall–Kier alpha value is -2.49. The van der Waals surface area contributed by atoms with Crippen LogP contribution in [0.1, 0.15) is 32.1 Å².